The van der Waals surface area contributed by atoms with E-state index in [-0.39, 0.29) is 17.5 Å². The highest BCUT2D eigenvalue weighted by molar-refractivity contribution is 7.89. The summed E-state index contributed by atoms with van der Waals surface area (Å²) in [4.78, 5) is 3.80. The molecule has 1 saturated heterocycles. The molecular formula is C17H17F3N2O4S. The van der Waals surface area contributed by atoms with Crippen LogP contribution in [0.5, 0.6) is 11.5 Å². The van der Waals surface area contributed by atoms with Gasteiger partial charge in [-0.1, -0.05) is 0 Å². The summed E-state index contributed by atoms with van der Waals surface area (Å²) in [5, 5.41) is 0. The highest BCUT2D eigenvalue weighted by atomic mass is 32.2. The fraction of sp³-hybridized carbons (Fsp3) is 0.353. The first kappa shape index (κ1) is 19.4. The predicted octanol–water partition coefficient (Wildman–Crippen LogP) is 3.21. The fourth-order valence-corrected chi connectivity index (χ4v) is 4.30. The molecule has 2 aromatic rings. The average molecular weight is 402 g/mol. The van der Waals surface area contributed by atoms with Crippen molar-refractivity contribution < 1.29 is 31.1 Å². The standard InChI is InChI=1S/C17H17F3N2O4S/c18-17(19,20)26-14-3-5-16(6-4-14)27(23,24)22-11-1-2-15(12-22)25-13-7-9-21-10-8-13/h3-10,15H,1-2,11-12H2/t15-/m0/s1. The Morgan fingerprint density at radius 3 is 2.33 bits per heavy atom. The highest BCUT2D eigenvalue weighted by Gasteiger charge is 2.33. The molecular weight excluding hydrogens is 385 g/mol. The van der Waals surface area contributed by atoms with E-state index in [1.807, 2.05) is 0 Å². The van der Waals surface area contributed by atoms with Crippen LogP contribution < -0.4 is 9.47 Å². The van der Waals surface area contributed by atoms with Crippen LogP contribution >= 0.6 is 0 Å². The number of piperidine rings is 1. The molecule has 10 heteroatoms. The number of pyridine rings is 1. The minimum absolute atomic E-state index is 0.0958. The van der Waals surface area contributed by atoms with Gasteiger partial charge < -0.3 is 9.47 Å². The third-order valence-electron chi connectivity index (χ3n) is 3.99. The number of halogens is 3. The summed E-state index contributed by atoms with van der Waals surface area (Å²) in [6.07, 6.45) is -0.667. The molecule has 0 amide bonds. The molecule has 0 saturated carbocycles. The van der Waals surface area contributed by atoms with Crippen molar-refractivity contribution in [2.45, 2.75) is 30.2 Å². The van der Waals surface area contributed by atoms with Gasteiger partial charge >= 0.3 is 6.36 Å². The Kier molecular flexibility index (Phi) is 5.56. The van der Waals surface area contributed by atoms with Crippen molar-refractivity contribution in [3.63, 3.8) is 0 Å². The number of benzene rings is 1. The van der Waals surface area contributed by atoms with Crippen LogP contribution in [0.3, 0.4) is 0 Å². The van der Waals surface area contributed by atoms with E-state index in [0.717, 1.165) is 24.3 Å². The zero-order chi connectivity index (χ0) is 19.5. The lowest BCUT2D eigenvalue weighted by Crippen LogP contribution is -2.44. The zero-order valence-electron chi connectivity index (χ0n) is 14.1. The van der Waals surface area contributed by atoms with E-state index in [0.29, 0.717) is 25.1 Å². The molecule has 146 valence electrons. The summed E-state index contributed by atoms with van der Waals surface area (Å²) in [5.41, 5.74) is 0. The molecule has 1 aliphatic rings. The lowest BCUT2D eigenvalue weighted by atomic mass is 10.1. The first-order chi connectivity index (χ1) is 12.7. The molecule has 0 bridgehead atoms. The molecule has 1 fully saturated rings. The molecule has 0 aliphatic carbocycles. The van der Waals surface area contributed by atoms with Gasteiger partial charge in [0.2, 0.25) is 10.0 Å². The average Bonchev–Trinajstić information content (AvgIpc) is 2.62. The molecule has 1 aromatic heterocycles. The van der Waals surface area contributed by atoms with E-state index >= 15 is 0 Å². The number of hydrogen-bond donors (Lipinski definition) is 0. The summed E-state index contributed by atoms with van der Waals surface area (Å²) in [6, 6.07) is 7.54. The minimum atomic E-state index is -4.83. The molecule has 0 spiro atoms. The van der Waals surface area contributed by atoms with E-state index in [1.165, 1.54) is 4.31 Å². The largest absolute Gasteiger partial charge is 0.573 e. The first-order valence-electron chi connectivity index (χ1n) is 8.17. The SMILES string of the molecule is O=S(=O)(c1ccc(OC(F)(F)F)cc1)N1CCC[C@H](Oc2ccncc2)C1. The lowest BCUT2D eigenvalue weighted by molar-refractivity contribution is -0.274. The van der Waals surface area contributed by atoms with Gasteiger partial charge in [0.1, 0.15) is 17.6 Å². The monoisotopic (exact) mass is 402 g/mol. The Balaban J connectivity index is 1.70. The second-order valence-electron chi connectivity index (χ2n) is 5.95. The van der Waals surface area contributed by atoms with Gasteiger partial charge in [-0.05, 0) is 49.2 Å². The molecule has 1 aliphatic heterocycles. The van der Waals surface area contributed by atoms with Crippen molar-refractivity contribution in [2.24, 2.45) is 0 Å². The van der Waals surface area contributed by atoms with Crippen molar-refractivity contribution in [3.05, 3.63) is 48.8 Å². The third kappa shape index (κ3) is 5.10. The van der Waals surface area contributed by atoms with Crippen LogP contribution in [0, 0.1) is 0 Å². The van der Waals surface area contributed by atoms with Crippen LogP contribution in [0.1, 0.15) is 12.8 Å². The first-order valence-corrected chi connectivity index (χ1v) is 9.61. The highest BCUT2D eigenvalue weighted by Crippen LogP contribution is 2.27. The Hall–Kier alpha value is -2.33. The molecule has 1 atom stereocenters. The van der Waals surface area contributed by atoms with Gasteiger partial charge in [-0.15, -0.1) is 13.2 Å². The number of aromatic nitrogens is 1. The molecule has 6 nitrogen and oxygen atoms in total. The molecule has 0 N–H and O–H groups in total. The second kappa shape index (κ2) is 7.73. The Labute approximate surface area is 154 Å². The van der Waals surface area contributed by atoms with Gasteiger partial charge in [0.15, 0.2) is 0 Å². The molecule has 1 aromatic carbocycles. The molecule has 0 radical (unpaired) electrons. The molecule has 0 unspecified atom stereocenters. The van der Waals surface area contributed by atoms with Crippen LogP contribution in [0.15, 0.2) is 53.7 Å². The third-order valence-corrected chi connectivity index (χ3v) is 5.87. The summed E-state index contributed by atoms with van der Waals surface area (Å²) < 4.78 is 73.1. The van der Waals surface area contributed by atoms with Crippen molar-refractivity contribution in [3.8, 4) is 11.5 Å². The molecule has 3 rings (SSSR count). The smallest absolute Gasteiger partial charge is 0.489 e. The lowest BCUT2D eigenvalue weighted by Gasteiger charge is -2.32. The second-order valence-corrected chi connectivity index (χ2v) is 7.89. The number of nitrogens with zero attached hydrogens (tertiary/aromatic N) is 2. The van der Waals surface area contributed by atoms with E-state index in [2.05, 4.69) is 9.72 Å². The maximum atomic E-state index is 12.8. The number of sulfonamides is 1. The van der Waals surface area contributed by atoms with Crippen molar-refractivity contribution in [2.75, 3.05) is 13.1 Å². The Morgan fingerprint density at radius 1 is 1.04 bits per heavy atom. The maximum absolute atomic E-state index is 12.8. The van der Waals surface area contributed by atoms with E-state index in [9.17, 15) is 21.6 Å². The van der Waals surface area contributed by atoms with E-state index in [1.54, 1.807) is 24.5 Å². The van der Waals surface area contributed by atoms with Gasteiger partial charge in [0.25, 0.3) is 0 Å². The normalized spacial score (nSPS) is 18.9. The van der Waals surface area contributed by atoms with Gasteiger partial charge in [-0.25, -0.2) is 8.42 Å². The number of ether oxygens (including phenoxy) is 2. The van der Waals surface area contributed by atoms with E-state index in [4.69, 9.17) is 4.74 Å². The number of hydrogen-bond acceptors (Lipinski definition) is 5. The van der Waals surface area contributed by atoms with Crippen LogP contribution in [0.2, 0.25) is 0 Å². The van der Waals surface area contributed by atoms with Gasteiger partial charge in [0, 0.05) is 18.9 Å². The van der Waals surface area contributed by atoms with Gasteiger partial charge in [-0.2, -0.15) is 4.31 Å². The van der Waals surface area contributed by atoms with E-state index < -0.39 is 22.1 Å². The molecule has 27 heavy (non-hydrogen) atoms. The topological polar surface area (TPSA) is 68.7 Å². The van der Waals surface area contributed by atoms with Crippen molar-refractivity contribution in [1.82, 2.24) is 9.29 Å². The van der Waals surface area contributed by atoms with Gasteiger partial charge in [-0.3, -0.25) is 4.98 Å². The van der Waals surface area contributed by atoms with Crippen LogP contribution in [0.25, 0.3) is 0 Å². The van der Waals surface area contributed by atoms with Gasteiger partial charge in [0.05, 0.1) is 11.4 Å². The van der Waals surface area contributed by atoms with Crippen molar-refractivity contribution in [1.29, 1.82) is 0 Å². The maximum Gasteiger partial charge on any atom is 0.573 e. The summed E-state index contributed by atoms with van der Waals surface area (Å²) in [6.45, 7) is 0.477. The number of alkyl halides is 3. The van der Waals surface area contributed by atoms with Crippen LogP contribution in [0.4, 0.5) is 13.2 Å². The minimum Gasteiger partial charge on any atom is -0.489 e. The van der Waals surface area contributed by atoms with Crippen molar-refractivity contribution >= 4 is 10.0 Å². The quantitative estimate of drug-likeness (QED) is 0.768. The summed E-state index contributed by atoms with van der Waals surface area (Å²) >= 11 is 0. The fourth-order valence-electron chi connectivity index (χ4n) is 2.79. The molecule has 2 heterocycles. The Bertz CT molecular complexity index is 858. The summed E-state index contributed by atoms with van der Waals surface area (Å²) in [7, 11) is -3.84. The summed E-state index contributed by atoms with van der Waals surface area (Å²) in [5.74, 6) is 0.127. The van der Waals surface area contributed by atoms with Crippen LogP contribution in [-0.4, -0.2) is 43.3 Å². The predicted molar refractivity (Wildman–Crippen MR) is 89.8 cm³/mol. The number of rotatable bonds is 5. The zero-order valence-corrected chi connectivity index (χ0v) is 14.9. The Morgan fingerprint density at radius 2 is 1.70 bits per heavy atom. The van der Waals surface area contributed by atoms with Crippen LogP contribution in [-0.2, 0) is 10.0 Å².